The molecule has 1 rings (SSSR count). The van der Waals surface area contributed by atoms with Gasteiger partial charge >= 0.3 is 8.56 Å². The van der Waals surface area contributed by atoms with Crippen LogP contribution in [0.2, 0.25) is 26.2 Å². The summed E-state index contributed by atoms with van der Waals surface area (Å²) in [7, 11) is -1.74. The van der Waals surface area contributed by atoms with Crippen molar-refractivity contribution in [1.29, 1.82) is 0 Å². The van der Waals surface area contributed by atoms with E-state index in [1.54, 1.807) is 7.11 Å². The molecule has 96 valence electrons. The second kappa shape index (κ2) is 5.35. The van der Waals surface area contributed by atoms with Crippen molar-refractivity contribution < 1.29 is 8.85 Å². The normalized spacial score (nSPS) is 15.6. The van der Waals surface area contributed by atoms with Crippen LogP contribution in [-0.2, 0) is 8.85 Å². The molecule has 1 aromatic carbocycles. The van der Waals surface area contributed by atoms with Crippen molar-refractivity contribution >= 4 is 27.5 Å². The molecule has 17 heavy (non-hydrogen) atoms. The summed E-state index contributed by atoms with van der Waals surface area (Å²) in [6, 6.07) is 7.82. The topological polar surface area (TPSA) is 44.5 Å². The Balaban J connectivity index is 2.84. The summed E-state index contributed by atoms with van der Waals surface area (Å²) in [6.45, 7) is 8.96. The summed E-state index contributed by atoms with van der Waals surface area (Å²) in [4.78, 5) is 0. The molecule has 0 bridgehead atoms. The first-order chi connectivity index (χ1) is 7.77. The second-order valence-corrected chi connectivity index (χ2v) is 14.2. The van der Waals surface area contributed by atoms with Crippen LogP contribution in [0.4, 0.5) is 5.69 Å². The highest BCUT2D eigenvalue weighted by Gasteiger charge is 2.34. The Morgan fingerprint density at radius 1 is 1.06 bits per heavy atom. The maximum Gasteiger partial charge on any atom is 0.368 e. The van der Waals surface area contributed by atoms with E-state index < -0.39 is 16.6 Å². The van der Waals surface area contributed by atoms with Crippen LogP contribution < -0.4 is 10.9 Å². The zero-order valence-electron chi connectivity index (χ0n) is 11.4. The zero-order chi connectivity index (χ0) is 13.1. The number of rotatable bonds is 5. The molecule has 1 aromatic rings. The van der Waals surface area contributed by atoms with Gasteiger partial charge in [-0.05, 0) is 23.9 Å². The predicted octanol–water partition coefficient (Wildman–Crippen LogP) is 2.09. The van der Waals surface area contributed by atoms with Crippen molar-refractivity contribution in [3.05, 3.63) is 24.3 Å². The molecule has 0 aliphatic heterocycles. The van der Waals surface area contributed by atoms with Crippen LogP contribution in [0, 0.1) is 0 Å². The lowest BCUT2D eigenvalue weighted by Gasteiger charge is -2.29. The number of anilines is 1. The van der Waals surface area contributed by atoms with Crippen LogP contribution in [0.15, 0.2) is 24.3 Å². The summed E-state index contributed by atoms with van der Waals surface area (Å²) in [5.74, 6) is 0. The minimum atomic E-state index is -2.25. The van der Waals surface area contributed by atoms with Gasteiger partial charge in [0.25, 0.3) is 0 Å². The highest BCUT2D eigenvalue weighted by Crippen LogP contribution is 2.12. The van der Waals surface area contributed by atoms with E-state index in [0.717, 1.165) is 17.1 Å². The fourth-order valence-electron chi connectivity index (χ4n) is 1.40. The van der Waals surface area contributed by atoms with E-state index >= 15 is 0 Å². The smallest absolute Gasteiger partial charge is 0.368 e. The van der Waals surface area contributed by atoms with Crippen molar-refractivity contribution in [2.75, 3.05) is 19.1 Å². The van der Waals surface area contributed by atoms with Gasteiger partial charge in [-0.3, -0.25) is 0 Å². The zero-order valence-corrected chi connectivity index (χ0v) is 13.4. The van der Waals surface area contributed by atoms with E-state index in [2.05, 4.69) is 26.2 Å². The second-order valence-electron chi connectivity index (χ2n) is 5.62. The van der Waals surface area contributed by atoms with Crippen LogP contribution >= 0.6 is 0 Å². The molecule has 1 unspecified atom stereocenters. The first-order valence-corrected chi connectivity index (χ1v) is 11.8. The third kappa shape index (κ3) is 4.27. The Labute approximate surface area is 106 Å². The van der Waals surface area contributed by atoms with E-state index in [1.165, 1.54) is 0 Å². The molecule has 5 heteroatoms. The standard InChI is InChI=1S/C12H23NO2Si2/c1-14-17(5,15-10-16(2,3)4)12-8-6-11(13)7-9-12/h6-9H,10,13H2,1-5H3. The van der Waals surface area contributed by atoms with E-state index in [0.29, 0.717) is 0 Å². The van der Waals surface area contributed by atoms with Crippen LogP contribution in [0.25, 0.3) is 0 Å². The number of hydrogen-bond donors (Lipinski definition) is 1. The van der Waals surface area contributed by atoms with Crippen LogP contribution in [0.1, 0.15) is 0 Å². The molecule has 0 saturated carbocycles. The quantitative estimate of drug-likeness (QED) is 0.657. The largest absolute Gasteiger partial charge is 0.399 e. The Hall–Kier alpha value is -0.626. The van der Waals surface area contributed by atoms with E-state index in [1.807, 2.05) is 24.3 Å². The third-order valence-electron chi connectivity index (χ3n) is 2.61. The lowest BCUT2D eigenvalue weighted by molar-refractivity contribution is 0.248. The average molecular weight is 269 g/mol. The van der Waals surface area contributed by atoms with Gasteiger partial charge in [-0.2, -0.15) is 0 Å². The summed E-state index contributed by atoms with van der Waals surface area (Å²) < 4.78 is 11.8. The third-order valence-corrected chi connectivity index (χ3v) is 6.76. The molecule has 0 spiro atoms. The van der Waals surface area contributed by atoms with E-state index in [4.69, 9.17) is 14.6 Å². The molecule has 0 aromatic heterocycles. The molecule has 0 fully saturated rings. The Bertz CT molecular complexity index is 362. The van der Waals surface area contributed by atoms with E-state index in [-0.39, 0.29) is 0 Å². The molecule has 0 aliphatic carbocycles. The molecule has 0 amide bonds. The molecule has 0 saturated heterocycles. The van der Waals surface area contributed by atoms with Crippen molar-refractivity contribution in [1.82, 2.24) is 0 Å². The fourth-order valence-corrected chi connectivity index (χ4v) is 5.53. The molecule has 2 N–H and O–H groups in total. The van der Waals surface area contributed by atoms with Crippen LogP contribution in [-0.4, -0.2) is 30.0 Å². The maximum absolute atomic E-state index is 6.11. The molecule has 0 heterocycles. The van der Waals surface area contributed by atoms with Crippen LogP contribution in [0.3, 0.4) is 0 Å². The first kappa shape index (κ1) is 14.4. The summed E-state index contributed by atoms with van der Waals surface area (Å²) in [5.41, 5.74) is 6.47. The highest BCUT2D eigenvalue weighted by molar-refractivity contribution is 6.82. The number of hydrogen-bond acceptors (Lipinski definition) is 3. The lowest BCUT2D eigenvalue weighted by Crippen LogP contribution is -2.52. The van der Waals surface area contributed by atoms with Gasteiger partial charge in [-0.1, -0.05) is 31.8 Å². The molecule has 1 atom stereocenters. The van der Waals surface area contributed by atoms with Gasteiger partial charge in [0.1, 0.15) is 0 Å². The van der Waals surface area contributed by atoms with Crippen molar-refractivity contribution in [3.8, 4) is 0 Å². The average Bonchev–Trinajstić information content (AvgIpc) is 2.26. The fraction of sp³-hybridized carbons (Fsp3) is 0.500. The molecule has 0 aliphatic rings. The van der Waals surface area contributed by atoms with Gasteiger partial charge in [0.2, 0.25) is 0 Å². The molecular formula is C12H23NO2Si2. The Morgan fingerprint density at radius 3 is 2.00 bits per heavy atom. The Morgan fingerprint density at radius 2 is 1.59 bits per heavy atom. The minimum Gasteiger partial charge on any atom is -0.399 e. The van der Waals surface area contributed by atoms with Gasteiger partial charge in [-0.15, -0.1) is 0 Å². The Kier molecular flexibility index (Phi) is 4.54. The maximum atomic E-state index is 6.11. The van der Waals surface area contributed by atoms with Gasteiger partial charge < -0.3 is 14.6 Å². The summed E-state index contributed by atoms with van der Waals surface area (Å²) in [6.07, 6.45) is 0.827. The molecule has 3 nitrogen and oxygen atoms in total. The number of nitrogens with two attached hydrogens (primary N) is 1. The first-order valence-electron chi connectivity index (χ1n) is 5.82. The number of nitrogen functional groups attached to an aromatic ring is 1. The van der Waals surface area contributed by atoms with Gasteiger partial charge in [0.15, 0.2) is 0 Å². The lowest BCUT2D eigenvalue weighted by atomic mass is 10.3. The molecular weight excluding hydrogens is 246 g/mol. The van der Waals surface area contributed by atoms with Crippen molar-refractivity contribution in [2.45, 2.75) is 26.2 Å². The van der Waals surface area contributed by atoms with Crippen molar-refractivity contribution in [2.24, 2.45) is 0 Å². The molecule has 0 radical (unpaired) electrons. The van der Waals surface area contributed by atoms with Gasteiger partial charge in [0.05, 0.1) is 8.07 Å². The summed E-state index contributed by atoms with van der Waals surface area (Å²) >= 11 is 0. The monoisotopic (exact) mass is 269 g/mol. The SMILES string of the molecule is CO[Si](C)(OC[Si](C)(C)C)c1ccc(N)cc1. The predicted molar refractivity (Wildman–Crippen MR) is 78.4 cm³/mol. The number of benzene rings is 1. The van der Waals surface area contributed by atoms with E-state index in [9.17, 15) is 0 Å². The van der Waals surface area contributed by atoms with Crippen molar-refractivity contribution in [3.63, 3.8) is 0 Å². The van der Waals surface area contributed by atoms with Gasteiger partial charge in [-0.25, -0.2) is 0 Å². The van der Waals surface area contributed by atoms with Crippen LogP contribution in [0.5, 0.6) is 0 Å². The van der Waals surface area contributed by atoms with Gasteiger partial charge in [0, 0.05) is 19.0 Å². The summed E-state index contributed by atoms with van der Waals surface area (Å²) in [5, 5.41) is 1.13. The minimum absolute atomic E-state index is 0.770. The highest BCUT2D eigenvalue weighted by atomic mass is 28.4.